The first kappa shape index (κ1) is 12.6. The Morgan fingerprint density at radius 3 is 3.24 bits per heavy atom. The van der Waals surface area contributed by atoms with Crippen LogP contribution in [0.4, 0.5) is 0 Å². The zero-order chi connectivity index (χ0) is 11.9. The van der Waals surface area contributed by atoms with E-state index in [4.69, 9.17) is 13.9 Å². The fourth-order valence-electron chi connectivity index (χ4n) is 1.92. The van der Waals surface area contributed by atoms with Crippen LogP contribution in [0.1, 0.15) is 25.5 Å². The number of rotatable bonds is 7. The van der Waals surface area contributed by atoms with Gasteiger partial charge in [-0.2, -0.15) is 0 Å². The van der Waals surface area contributed by atoms with Crippen molar-refractivity contribution in [1.82, 2.24) is 5.32 Å². The van der Waals surface area contributed by atoms with Gasteiger partial charge in [0.05, 0.1) is 31.6 Å². The molecule has 0 aliphatic carbocycles. The maximum absolute atomic E-state index is 5.73. The summed E-state index contributed by atoms with van der Waals surface area (Å²) >= 11 is 0. The maximum atomic E-state index is 5.73. The molecule has 1 aliphatic heterocycles. The fourth-order valence-corrected chi connectivity index (χ4v) is 1.92. The first-order valence-corrected chi connectivity index (χ1v) is 6.31. The van der Waals surface area contributed by atoms with Gasteiger partial charge in [0.2, 0.25) is 0 Å². The summed E-state index contributed by atoms with van der Waals surface area (Å²) in [6.45, 7) is 5.25. The first-order chi connectivity index (χ1) is 8.34. The fraction of sp³-hybridized carbons (Fsp3) is 0.692. The molecule has 0 radical (unpaired) electrons. The molecule has 1 aromatic heterocycles. The van der Waals surface area contributed by atoms with Gasteiger partial charge >= 0.3 is 0 Å². The molecule has 1 aliphatic rings. The maximum Gasteiger partial charge on any atom is 0.117 e. The lowest BCUT2D eigenvalue weighted by atomic mass is 10.2. The van der Waals surface area contributed by atoms with Crippen molar-refractivity contribution >= 4 is 0 Å². The zero-order valence-electron chi connectivity index (χ0n) is 10.4. The van der Waals surface area contributed by atoms with Gasteiger partial charge in [0.15, 0.2) is 0 Å². The van der Waals surface area contributed by atoms with Gasteiger partial charge in [-0.3, -0.25) is 0 Å². The summed E-state index contributed by atoms with van der Waals surface area (Å²) in [5, 5.41) is 3.30. The molecular formula is C13H21NO3. The summed E-state index contributed by atoms with van der Waals surface area (Å²) < 4.78 is 16.5. The van der Waals surface area contributed by atoms with Crippen molar-refractivity contribution in [3.63, 3.8) is 0 Å². The van der Waals surface area contributed by atoms with Crippen molar-refractivity contribution in [2.75, 3.05) is 19.8 Å². The molecule has 0 aromatic carbocycles. The topological polar surface area (TPSA) is 43.6 Å². The lowest BCUT2D eigenvalue weighted by molar-refractivity contribution is -0.0134. The van der Waals surface area contributed by atoms with E-state index in [1.165, 1.54) is 6.42 Å². The summed E-state index contributed by atoms with van der Waals surface area (Å²) in [6.07, 6.45) is 4.50. The highest BCUT2D eigenvalue weighted by atomic mass is 16.5. The number of ether oxygens (including phenoxy) is 2. The van der Waals surface area contributed by atoms with Gasteiger partial charge in [0.1, 0.15) is 5.76 Å². The van der Waals surface area contributed by atoms with Crippen LogP contribution in [0.5, 0.6) is 0 Å². The van der Waals surface area contributed by atoms with E-state index in [0.717, 1.165) is 31.9 Å². The molecule has 2 unspecified atom stereocenters. The van der Waals surface area contributed by atoms with Crippen molar-refractivity contribution < 1.29 is 13.9 Å². The summed E-state index contributed by atoms with van der Waals surface area (Å²) in [7, 11) is 0. The predicted octanol–water partition coefficient (Wildman–Crippen LogP) is 1.95. The van der Waals surface area contributed by atoms with E-state index in [-0.39, 0.29) is 6.10 Å². The third-order valence-corrected chi connectivity index (χ3v) is 2.90. The molecule has 2 heterocycles. The van der Waals surface area contributed by atoms with Gasteiger partial charge in [-0.15, -0.1) is 0 Å². The Morgan fingerprint density at radius 2 is 2.53 bits per heavy atom. The van der Waals surface area contributed by atoms with Crippen LogP contribution in [0.3, 0.4) is 0 Å². The molecule has 0 saturated carbocycles. The highest BCUT2D eigenvalue weighted by Crippen LogP contribution is 2.12. The molecule has 96 valence electrons. The van der Waals surface area contributed by atoms with Crippen LogP contribution in [-0.2, 0) is 16.0 Å². The van der Waals surface area contributed by atoms with Crippen LogP contribution >= 0.6 is 0 Å². The second-order valence-electron chi connectivity index (χ2n) is 4.49. The van der Waals surface area contributed by atoms with Crippen LogP contribution in [0, 0.1) is 0 Å². The van der Waals surface area contributed by atoms with Gasteiger partial charge in [-0.05, 0) is 31.9 Å². The molecular weight excluding hydrogens is 218 g/mol. The Balaban J connectivity index is 1.52. The predicted molar refractivity (Wildman–Crippen MR) is 64.8 cm³/mol. The molecule has 1 saturated heterocycles. The molecule has 2 rings (SSSR count). The highest BCUT2D eigenvalue weighted by Gasteiger charge is 2.16. The van der Waals surface area contributed by atoms with Crippen molar-refractivity contribution in [2.45, 2.75) is 38.5 Å². The van der Waals surface area contributed by atoms with Gasteiger partial charge < -0.3 is 19.2 Å². The van der Waals surface area contributed by atoms with E-state index in [1.54, 1.807) is 6.26 Å². The number of furan rings is 1. The molecule has 1 fully saturated rings. The highest BCUT2D eigenvalue weighted by molar-refractivity contribution is 4.97. The summed E-state index contributed by atoms with van der Waals surface area (Å²) in [5.41, 5.74) is 0. The molecule has 0 amide bonds. The molecule has 4 heteroatoms. The minimum atomic E-state index is 0.203. The monoisotopic (exact) mass is 239 g/mol. The van der Waals surface area contributed by atoms with E-state index < -0.39 is 0 Å². The third-order valence-electron chi connectivity index (χ3n) is 2.90. The number of hydrogen-bond donors (Lipinski definition) is 1. The molecule has 1 aromatic rings. The second-order valence-corrected chi connectivity index (χ2v) is 4.49. The quantitative estimate of drug-likeness (QED) is 0.790. The Hall–Kier alpha value is -0.840. The van der Waals surface area contributed by atoms with Gasteiger partial charge in [0.25, 0.3) is 0 Å². The van der Waals surface area contributed by atoms with Crippen molar-refractivity contribution in [3.8, 4) is 0 Å². The van der Waals surface area contributed by atoms with Gasteiger partial charge in [-0.1, -0.05) is 0 Å². The van der Waals surface area contributed by atoms with E-state index in [1.807, 2.05) is 12.1 Å². The van der Waals surface area contributed by atoms with E-state index in [0.29, 0.717) is 12.7 Å². The normalized spacial score (nSPS) is 21.8. The summed E-state index contributed by atoms with van der Waals surface area (Å²) in [5.74, 6) is 0.955. The average Bonchev–Trinajstić information content (AvgIpc) is 2.99. The minimum absolute atomic E-state index is 0.203. The van der Waals surface area contributed by atoms with Crippen LogP contribution in [-0.4, -0.2) is 32.0 Å². The molecule has 17 heavy (non-hydrogen) atoms. The largest absolute Gasteiger partial charge is 0.468 e. The first-order valence-electron chi connectivity index (χ1n) is 6.31. The zero-order valence-corrected chi connectivity index (χ0v) is 10.4. The minimum Gasteiger partial charge on any atom is -0.468 e. The van der Waals surface area contributed by atoms with Crippen molar-refractivity contribution in [1.29, 1.82) is 0 Å². The Morgan fingerprint density at radius 1 is 1.59 bits per heavy atom. The van der Waals surface area contributed by atoms with E-state index in [9.17, 15) is 0 Å². The third kappa shape index (κ3) is 4.50. The summed E-state index contributed by atoms with van der Waals surface area (Å²) in [4.78, 5) is 0. The second kappa shape index (κ2) is 6.79. The van der Waals surface area contributed by atoms with Crippen molar-refractivity contribution in [2.24, 2.45) is 0 Å². The lowest BCUT2D eigenvalue weighted by Gasteiger charge is -2.16. The number of nitrogens with one attached hydrogen (secondary N) is 1. The van der Waals surface area contributed by atoms with Crippen LogP contribution in [0.15, 0.2) is 22.8 Å². The van der Waals surface area contributed by atoms with Crippen LogP contribution in [0.25, 0.3) is 0 Å². The smallest absolute Gasteiger partial charge is 0.117 e. The Bertz CT molecular complexity index is 294. The molecule has 0 spiro atoms. The van der Waals surface area contributed by atoms with Gasteiger partial charge in [0, 0.05) is 13.2 Å². The standard InChI is InChI=1S/C13H21NO3/c1-11(17-10-13-5-3-7-16-13)8-14-9-12-4-2-6-15-12/h2,4,6,11,13-14H,3,5,7-10H2,1H3. The van der Waals surface area contributed by atoms with E-state index in [2.05, 4.69) is 12.2 Å². The average molecular weight is 239 g/mol. The Labute approximate surface area is 102 Å². The van der Waals surface area contributed by atoms with Crippen LogP contribution < -0.4 is 5.32 Å². The van der Waals surface area contributed by atoms with E-state index >= 15 is 0 Å². The van der Waals surface area contributed by atoms with Crippen LogP contribution in [0.2, 0.25) is 0 Å². The molecule has 0 bridgehead atoms. The van der Waals surface area contributed by atoms with Gasteiger partial charge in [-0.25, -0.2) is 0 Å². The summed E-state index contributed by atoms with van der Waals surface area (Å²) in [6, 6.07) is 3.86. The lowest BCUT2D eigenvalue weighted by Crippen LogP contribution is -2.29. The Kier molecular flexibility index (Phi) is 5.04. The van der Waals surface area contributed by atoms with Crippen molar-refractivity contribution in [3.05, 3.63) is 24.2 Å². The number of hydrogen-bond acceptors (Lipinski definition) is 4. The SMILES string of the molecule is CC(CNCc1ccco1)OCC1CCCO1. The molecule has 4 nitrogen and oxygen atoms in total. The molecule has 1 N–H and O–H groups in total. The molecule has 2 atom stereocenters.